The van der Waals surface area contributed by atoms with Crippen molar-refractivity contribution in [3.8, 4) is 0 Å². The van der Waals surface area contributed by atoms with Crippen LogP contribution in [0.4, 0.5) is 5.69 Å². The summed E-state index contributed by atoms with van der Waals surface area (Å²) in [7, 11) is 2.16. The zero-order valence-electron chi connectivity index (χ0n) is 11.7. The minimum Gasteiger partial charge on any atom is -0.380 e. The first-order valence-electron chi connectivity index (χ1n) is 6.84. The molecule has 0 saturated carbocycles. The summed E-state index contributed by atoms with van der Waals surface area (Å²) in [6.45, 7) is 7.83. The number of nitrogens with one attached hydrogen (secondary N) is 1. The third kappa shape index (κ3) is 3.24. The first-order chi connectivity index (χ1) is 8.70. The summed E-state index contributed by atoms with van der Waals surface area (Å²) in [5.74, 6) is 0. The van der Waals surface area contributed by atoms with E-state index in [9.17, 15) is 0 Å². The van der Waals surface area contributed by atoms with Gasteiger partial charge in [-0.3, -0.25) is 0 Å². The number of hydrogen-bond acceptors (Lipinski definition) is 3. The largest absolute Gasteiger partial charge is 0.380 e. The molecule has 0 aromatic heterocycles. The van der Waals surface area contributed by atoms with Gasteiger partial charge in [0, 0.05) is 38.5 Å². The smallest absolute Gasteiger partial charge is 0.0616 e. The fraction of sp³-hybridized carbons (Fsp3) is 0.600. The van der Waals surface area contributed by atoms with E-state index in [1.807, 2.05) is 6.92 Å². The van der Waals surface area contributed by atoms with Gasteiger partial charge in [-0.15, -0.1) is 0 Å². The molecule has 3 nitrogen and oxygen atoms in total. The van der Waals surface area contributed by atoms with E-state index in [1.165, 1.54) is 23.2 Å². The second kappa shape index (κ2) is 6.21. The number of likely N-dealkylation sites (N-methyl/N-ethyl adjacent to an activating group) is 1. The number of ether oxygens (including phenoxy) is 1. The Hall–Kier alpha value is -1.06. The van der Waals surface area contributed by atoms with E-state index in [-0.39, 0.29) is 0 Å². The molecule has 0 aliphatic carbocycles. The Morgan fingerprint density at radius 2 is 2.28 bits per heavy atom. The van der Waals surface area contributed by atoms with Gasteiger partial charge in [0.25, 0.3) is 0 Å². The van der Waals surface area contributed by atoms with E-state index >= 15 is 0 Å². The highest BCUT2D eigenvalue weighted by Gasteiger charge is 2.15. The van der Waals surface area contributed by atoms with Crippen LogP contribution in [0.15, 0.2) is 18.2 Å². The van der Waals surface area contributed by atoms with Crippen molar-refractivity contribution in [1.82, 2.24) is 5.32 Å². The molecule has 0 radical (unpaired) electrons. The number of benzene rings is 1. The van der Waals surface area contributed by atoms with E-state index in [4.69, 9.17) is 4.74 Å². The Balaban J connectivity index is 1.87. The molecule has 1 aromatic carbocycles. The van der Waals surface area contributed by atoms with Crippen LogP contribution >= 0.6 is 0 Å². The molecule has 1 N–H and O–H groups in total. The number of anilines is 1. The Morgan fingerprint density at radius 3 is 3.06 bits per heavy atom. The summed E-state index contributed by atoms with van der Waals surface area (Å²) >= 11 is 0. The normalized spacial score (nSPS) is 15.8. The first-order valence-corrected chi connectivity index (χ1v) is 6.84. The predicted octanol–water partition coefficient (Wildman–Crippen LogP) is 2.19. The number of rotatable bonds is 6. The van der Waals surface area contributed by atoms with Crippen molar-refractivity contribution in [2.24, 2.45) is 0 Å². The monoisotopic (exact) mass is 248 g/mol. The Kier molecular flexibility index (Phi) is 4.61. The van der Waals surface area contributed by atoms with Gasteiger partial charge in [0.2, 0.25) is 0 Å². The van der Waals surface area contributed by atoms with Crippen LogP contribution in [0.3, 0.4) is 0 Å². The van der Waals surface area contributed by atoms with Crippen molar-refractivity contribution in [2.75, 3.05) is 31.7 Å². The van der Waals surface area contributed by atoms with Crippen LogP contribution in [0.2, 0.25) is 0 Å². The molecule has 1 heterocycles. The highest BCUT2D eigenvalue weighted by atomic mass is 16.5. The van der Waals surface area contributed by atoms with Crippen molar-refractivity contribution in [3.63, 3.8) is 0 Å². The van der Waals surface area contributed by atoms with Gasteiger partial charge in [-0.25, -0.2) is 0 Å². The van der Waals surface area contributed by atoms with Crippen LogP contribution in [0, 0.1) is 0 Å². The van der Waals surface area contributed by atoms with Gasteiger partial charge in [0.15, 0.2) is 0 Å². The maximum atomic E-state index is 5.40. The van der Waals surface area contributed by atoms with Crippen LogP contribution in [0.1, 0.15) is 25.0 Å². The summed E-state index contributed by atoms with van der Waals surface area (Å²) < 4.78 is 5.40. The lowest BCUT2D eigenvalue weighted by Crippen LogP contribution is -2.30. The van der Waals surface area contributed by atoms with Crippen molar-refractivity contribution in [3.05, 3.63) is 29.3 Å². The zero-order valence-corrected chi connectivity index (χ0v) is 11.7. The second-order valence-corrected chi connectivity index (χ2v) is 5.08. The van der Waals surface area contributed by atoms with E-state index in [2.05, 4.69) is 42.4 Å². The molecule has 100 valence electrons. The van der Waals surface area contributed by atoms with Gasteiger partial charge >= 0.3 is 0 Å². The van der Waals surface area contributed by atoms with Crippen molar-refractivity contribution in [2.45, 2.75) is 32.9 Å². The first kappa shape index (κ1) is 13.4. The molecule has 1 aliphatic heterocycles. The molecule has 0 saturated heterocycles. The van der Waals surface area contributed by atoms with Crippen LogP contribution in [0.5, 0.6) is 0 Å². The molecule has 18 heavy (non-hydrogen) atoms. The Labute approximate surface area is 110 Å². The van der Waals surface area contributed by atoms with Crippen molar-refractivity contribution in [1.29, 1.82) is 0 Å². The summed E-state index contributed by atoms with van der Waals surface area (Å²) in [5.41, 5.74) is 4.24. The predicted molar refractivity (Wildman–Crippen MR) is 76.2 cm³/mol. The third-order valence-electron chi connectivity index (χ3n) is 3.50. The van der Waals surface area contributed by atoms with E-state index in [1.54, 1.807) is 0 Å². The molecule has 1 unspecified atom stereocenters. The standard InChI is InChI=1S/C15H24N2O/c1-4-18-11-12(2)16-10-13-5-6-15-14(9-13)7-8-17(15)3/h5-6,9,12,16H,4,7-8,10-11H2,1-3H3. The average Bonchev–Trinajstić information content (AvgIpc) is 2.75. The molecular weight excluding hydrogens is 224 g/mol. The minimum atomic E-state index is 0.404. The lowest BCUT2D eigenvalue weighted by Gasteiger charge is -2.15. The number of nitrogens with zero attached hydrogens (tertiary/aromatic N) is 1. The summed E-state index contributed by atoms with van der Waals surface area (Å²) in [5, 5.41) is 3.50. The molecule has 1 atom stereocenters. The second-order valence-electron chi connectivity index (χ2n) is 5.08. The fourth-order valence-corrected chi connectivity index (χ4v) is 2.38. The fourth-order valence-electron chi connectivity index (χ4n) is 2.38. The lowest BCUT2D eigenvalue weighted by atomic mass is 10.1. The third-order valence-corrected chi connectivity index (χ3v) is 3.50. The molecule has 0 bridgehead atoms. The average molecular weight is 248 g/mol. The van der Waals surface area contributed by atoms with Gasteiger partial charge in [-0.1, -0.05) is 12.1 Å². The molecule has 0 fully saturated rings. The molecule has 0 spiro atoms. The SMILES string of the molecule is CCOCC(C)NCc1ccc2c(c1)CCN2C. The quantitative estimate of drug-likeness (QED) is 0.835. The molecule has 2 rings (SSSR count). The summed E-state index contributed by atoms with van der Waals surface area (Å²) in [4.78, 5) is 2.32. The van der Waals surface area contributed by atoms with E-state index in [0.717, 1.165) is 26.3 Å². The van der Waals surface area contributed by atoms with Gasteiger partial charge in [-0.2, -0.15) is 0 Å². The van der Waals surface area contributed by atoms with Crippen LogP contribution in [0.25, 0.3) is 0 Å². The van der Waals surface area contributed by atoms with Crippen LogP contribution in [-0.4, -0.2) is 32.8 Å². The molecule has 1 aromatic rings. The van der Waals surface area contributed by atoms with E-state index in [0.29, 0.717) is 6.04 Å². The molecule has 1 aliphatic rings. The van der Waals surface area contributed by atoms with Gasteiger partial charge in [0.05, 0.1) is 6.61 Å². The van der Waals surface area contributed by atoms with Crippen LogP contribution in [-0.2, 0) is 17.7 Å². The number of fused-ring (bicyclic) bond motifs is 1. The minimum absolute atomic E-state index is 0.404. The van der Waals surface area contributed by atoms with Crippen molar-refractivity contribution < 1.29 is 4.74 Å². The zero-order chi connectivity index (χ0) is 13.0. The maximum absolute atomic E-state index is 5.40. The van der Waals surface area contributed by atoms with Crippen molar-refractivity contribution >= 4 is 5.69 Å². The maximum Gasteiger partial charge on any atom is 0.0616 e. The van der Waals surface area contributed by atoms with Gasteiger partial charge in [-0.05, 0) is 37.5 Å². The van der Waals surface area contributed by atoms with Gasteiger partial charge < -0.3 is 15.0 Å². The summed E-state index contributed by atoms with van der Waals surface area (Å²) in [6, 6.07) is 7.20. The summed E-state index contributed by atoms with van der Waals surface area (Å²) in [6.07, 6.45) is 1.17. The topological polar surface area (TPSA) is 24.5 Å². The Morgan fingerprint density at radius 1 is 1.44 bits per heavy atom. The lowest BCUT2D eigenvalue weighted by molar-refractivity contribution is 0.127. The van der Waals surface area contributed by atoms with E-state index < -0.39 is 0 Å². The highest BCUT2D eigenvalue weighted by Crippen LogP contribution is 2.27. The number of hydrogen-bond donors (Lipinski definition) is 1. The van der Waals surface area contributed by atoms with Crippen LogP contribution < -0.4 is 10.2 Å². The highest BCUT2D eigenvalue weighted by molar-refractivity contribution is 5.58. The molecular formula is C15H24N2O. The molecule has 0 amide bonds. The Bertz CT molecular complexity index is 392. The molecule has 3 heteroatoms. The van der Waals surface area contributed by atoms with Gasteiger partial charge in [0.1, 0.15) is 0 Å².